The smallest absolute Gasteiger partial charge is 0.311 e. The second-order valence-electron chi connectivity index (χ2n) is 2.77. The Bertz CT molecular complexity index is 175. The number of rotatable bonds is 5. The Balaban J connectivity index is -0.000000605. The molecule has 0 aliphatic carbocycles. The van der Waals surface area contributed by atoms with Gasteiger partial charge in [0, 0.05) is 18.2 Å². The lowest BCUT2D eigenvalue weighted by molar-refractivity contribution is -0.141. The molecule has 3 N–H and O–H groups in total. The van der Waals surface area contributed by atoms with E-state index in [2.05, 4.69) is 4.74 Å². The summed E-state index contributed by atoms with van der Waals surface area (Å²) in [7, 11) is 0. The standard InChI is InChI=1S/C8H16N2O2.2ClH/c1-3-12-8(11)5-7(10)4-6(2)9;;/h6,10H,3-5,9H2,1-2H3;2*1H/t6-;;/m1../s1. The molecule has 0 aromatic rings. The largest absolute Gasteiger partial charge is 0.466 e. The van der Waals surface area contributed by atoms with Gasteiger partial charge in [-0.2, -0.15) is 0 Å². The van der Waals surface area contributed by atoms with Crippen molar-refractivity contribution in [1.29, 1.82) is 5.41 Å². The van der Waals surface area contributed by atoms with E-state index in [1.807, 2.05) is 0 Å². The first-order valence-electron chi connectivity index (χ1n) is 4.03. The Hall–Kier alpha value is -0.320. The van der Waals surface area contributed by atoms with Crippen LogP contribution in [0.1, 0.15) is 26.7 Å². The van der Waals surface area contributed by atoms with E-state index in [0.717, 1.165) is 0 Å². The third-order valence-electron chi connectivity index (χ3n) is 1.23. The Labute approximate surface area is 96.9 Å². The molecule has 0 aromatic heterocycles. The first-order chi connectivity index (χ1) is 5.56. The minimum Gasteiger partial charge on any atom is -0.466 e. The van der Waals surface area contributed by atoms with Crippen LogP contribution in [-0.4, -0.2) is 24.3 Å². The highest BCUT2D eigenvalue weighted by Crippen LogP contribution is 1.96. The second-order valence-corrected chi connectivity index (χ2v) is 2.77. The zero-order valence-corrected chi connectivity index (χ0v) is 10.0. The molecule has 86 valence electrons. The molecule has 0 radical (unpaired) electrons. The van der Waals surface area contributed by atoms with Gasteiger partial charge in [0.1, 0.15) is 0 Å². The molecule has 0 amide bonds. The van der Waals surface area contributed by atoms with E-state index in [1.54, 1.807) is 13.8 Å². The molecule has 0 saturated carbocycles. The fourth-order valence-electron chi connectivity index (χ4n) is 0.847. The van der Waals surface area contributed by atoms with E-state index in [4.69, 9.17) is 11.1 Å². The number of carbonyl (C=O) groups excluding carboxylic acids is 1. The van der Waals surface area contributed by atoms with Crippen LogP contribution < -0.4 is 5.73 Å². The number of carbonyl (C=O) groups is 1. The summed E-state index contributed by atoms with van der Waals surface area (Å²) >= 11 is 0. The van der Waals surface area contributed by atoms with Crippen molar-refractivity contribution < 1.29 is 9.53 Å². The minimum atomic E-state index is -0.344. The van der Waals surface area contributed by atoms with Gasteiger partial charge in [0.15, 0.2) is 0 Å². The fourth-order valence-corrected chi connectivity index (χ4v) is 0.847. The van der Waals surface area contributed by atoms with Gasteiger partial charge in [-0.05, 0) is 13.8 Å². The topological polar surface area (TPSA) is 76.2 Å². The highest BCUT2D eigenvalue weighted by atomic mass is 35.5. The molecular formula is C8H18Cl2N2O2. The highest BCUT2D eigenvalue weighted by Gasteiger charge is 2.07. The van der Waals surface area contributed by atoms with Gasteiger partial charge in [0.2, 0.25) is 0 Å². The monoisotopic (exact) mass is 244 g/mol. The summed E-state index contributed by atoms with van der Waals surface area (Å²) in [5.74, 6) is -0.344. The Morgan fingerprint density at radius 2 is 2.00 bits per heavy atom. The molecule has 0 rings (SSSR count). The second kappa shape index (κ2) is 10.8. The van der Waals surface area contributed by atoms with Crippen molar-refractivity contribution in [1.82, 2.24) is 0 Å². The van der Waals surface area contributed by atoms with Crippen LogP contribution in [0.5, 0.6) is 0 Å². The van der Waals surface area contributed by atoms with Gasteiger partial charge in [-0.1, -0.05) is 0 Å². The minimum absolute atomic E-state index is 0. The number of esters is 1. The van der Waals surface area contributed by atoms with Crippen molar-refractivity contribution in [3.8, 4) is 0 Å². The number of hydrogen-bond acceptors (Lipinski definition) is 4. The molecule has 0 heterocycles. The van der Waals surface area contributed by atoms with Gasteiger partial charge in [0.25, 0.3) is 0 Å². The quantitative estimate of drug-likeness (QED) is 0.569. The fraction of sp³-hybridized carbons (Fsp3) is 0.750. The number of hydrogen-bond donors (Lipinski definition) is 2. The lowest BCUT2D eigenvalue weighted by Gasteiger charge is -2.05. The summed E-state index contributed by atoms with van der Waals surface area (Å²) in [4.78, 5) is 10.8. The Kier molecular flexibility index (Phi) is 14.8. The lowest BCUT2D eigenvalue weighted by atomic mass is 10.1. The summed E-state index contributed by atoms with van der Waals surface area (Å²) in [6.07, 6.45) is 0.522. The van der Waals surface area contributed by atoms with Gasteiger partial charge in [-0.25, -0.2) is 0 Å². The van der Waals surface area contributed by atoms with Crippen molar-refractivity contribution in [2.45, 2.75) is 32.7 Å². The van der Waals surface area contributed by atoms with Crippen LogP contribution in [0, 0.1) is 5.41 Å². The maximum Gasteiger partial charge on any atom is 0.311 e. The van der Waals surface area contributed by atoms with Crippen molar-refractivity contribution >= 4 is 36.5 Å². The Morgan fingerprint density at radius 3 is 2.36 bits per heavy atom. The zero-order chi connectivity index (χ0) is 9.56. The molecule has 6 heteroatoms. The molecule has 0 aromatic carbocycles. The van der Waals surface area contributed by atoms with Gasteiger partial charge >= 0.3 is 5.97 Å². The van der Waals surface area contributed by atoms with Crippen LogP contribution >= 0.6 is 24.8 Å². The van der Waals surface area contributed by atoms with E-state index in [9.17, 15) is 4.79 Å². The van der Waals surface area contributed by atoms with Crippen LogP contribution in [0.4, 0.5) is 0 Å². The van der Waals surface area contributed by atoms with Crippen molar-refractivity contribution in [2.75, 3.05) is 6.61 Å². The van der Waals surface area contributed by atoms with Crippen LogP contribution in [-0.2, 0) is 9.53 Å². The number of halogens is 2. The summed E-state index contributed by atoms with van der Waals surface area (Å²) in [6.45, 7) is 3.91. The third kappa shape index (κ3) is 11.7. The van der Waals surface area contributed by atoms with E-state index in [1.165, 1.54) is 0 Å². The highest BCUT2D eigenvalue weighted by molar-refractivity contribution is 5.97. The zero-order valence-electron chi connectivity index (χ0n) is 8.41. The van der Waals surface area contributed by atoms with Crippen LogP contribution in [0.3, 0.4) is 0 Å². The lowest BCUT2D eigenvalue weighted by Crippen LogP contribution is -2.21. The first-order valence-corrected chi connectivity index (χ1v) is 4.03. The molecule has 0 aliphatic heterocycles. The first kappa shape index (κ1) is 19.3. The molecule has 0 saturated heterocycles. The number of nitrogens with two attached hydrogens (primary N) is 1. The van der Waals surface area contributed by atoms with E-state index >= 15 is 0 Å². The molecule has 14 heavy (non-hydrogen) atoms. The molecule has 4 nitrogen and oxygen atoms in total. The maximum absolute atomic E-state index is 10.8. The molecule has 0 bridgehead atoms. The van der Waals surface area contributed by atoms with Crippen molar-refractivity contribution in [2.24, 2.45) is 5.73 Å². The summed E-state index contributed by atoms with van der Waals surface area (Å²) in [5.41, 5.74) is 5.79. The SMILES string of the molecule is CCOC(=O)CC(=N)C[C@@H](C)N.Cl.Cl. The number of nitrogens with one attached hydrogen (secondary N) is 1. The Morgan fingerprint density at radius 1 is 1.50 bits per heavy atom. The van der Waals surface area contributed by atoms with Crippen molar-refractivity contribution in [3.63, 3.8) is 0 Å². The molecule has 1 atom stereocenters. The van der Waals surface area contributed by atoms with Crippen LogP contribution in [0.15, 0.2) is 0 Å². The van der Waals surface area contributed by atoms with Crippen LogP contribution in [0.25, 0.3) is 0 Å². The van der Waals surface area contributed by atoms with E-state index in [-0.39, 0.29) is 43.2 Å². The predicted molar refractivity (Wildman–Crippen MR) is 61.7 cm³/mol. The average molecular weight is 245 g/mol. The van der Waals surface area contributed by atoms with E-state index in [0.29, 0.717) is 18.7 Å². The normalized spacial score (nSPS) is 10.5. The molecular weight excluding hydrogens is 227 g/mol. The van der Waals surface area contributed by atoms with Gasteiger partial charge in [-0.15, -0.1) is 24.8 Å². The average Bonchev–Trinajstić information content (AvgIpc) is 1.84. The van der Waals surface area contributed by atoms with Gasteiger partial charge in [-0.3, -0.25) is 4.79 Å². The van der Waals surface area contributed by atoms with E-state index < -0.39 is 0 Å². The maximum atomic E-state index is 10.8. The third-order valence-corrected chi connectivity index (χ3v) is 1.23. The van der Waals surface area contributed by atoms with Gasteiger partial charge < -0.3 is 15.9 Å². The van der Waals surface area contributed by atoms with Gasteiger partial charge in [0.05, 0.1) is 13.0 Å². The molecule has 0 spiro atoms. The molecule has 0 fully saturated rings. The summed E-state index contributed by atoms with van der Waals surface area (Å²) < 4.78 is 4.67. The van der Waals surface area contributed by atoms with Crippen molar-refractivity contribution in [3.05, 3.63) is 0 Å². The summed E-state index contributed by atoms with van der Waals surface area (Å²) in [6, 6.07) is -0.0630. The number of ether oxygens (including phenoxy) is 1. The molecule has 0 aliphatic rings. The predicted octanol–water partition coefficient (Wildman–Crippen LogP) is 1.54. The molecule has 0 unspecified atom stereocenters. The van der Waals surface area contributed by atoms with Crippen LogP contribution in [0.2, 0.25) is 0 Å². The summed E-state index contributed by atoms with van der Waals surface area (Å²) in [5, 5.41) is 7.35.